The van der Waals surface area contributed by atoms with Crippen molar-refractivity contribution in [3.05, 3.63) is 132 Å². The topological polar surface area (TPSA) is 78.0 Å². The van der Waals surface area contributed by atoms with Gasteiger partial charge in [0.2, 0.25) is 0 Å². The van der Waals surface area contributed by atoms with Gasteiger partial charge in [0, 0.05) is 21.5 Å². The number of hydrazone groups is 1. The number of ether oxygens (including phenoxy) is 2. The summed E-state index contributed by atoms with van der Waals surface area (Å²) in [6.07, 6.45) is 1.54. The van der Waals surface area contributed by atoms with Crippen LogP contribution >= 0.6 is 47.8 Å². The van der Waals surface area contributed by atoms with E-state index in [9.17, 15) is 4.79 Å². The van der Waals surface area contributed by atoms with Crippen molar-refractivity contribution in [1.29, 1.82) is 0 Å². The molecular weight excluding hydrogens is 730 g/mol. The molecule has 0 fully saturated rings. The first-order valence-electron chi connectivity index (χ1n) is 12.9. The predicted octanol–water partition coefficient (Wildman–Crippen LogP) is 8.90. The maximum Gasteiger partial charge on any atom is 0.307 e. The third-order valence-electron chi connectivity index (χ3n) is 6.33. The Bertz CT molecular complexity index is 1680. The maximum atomic E-state index is 12.6. The minimum Gasteiger partial charge on any atom is -0.487 e. The first kappa shape index (κ1) is 29.9. The number of nitrogens with zero attached hydrogens (tertiary/aromatic N) is 2. The number of halogens is 3. The van der Waals surface area contributed by atoms with E-state index in [0.29, 0.717) is 23.9 Å². The predicted molar refractivity (Wildman–Crippen MR) is 174 cm³/mol. The van der Waals surface area contributed by atoms with Crippen LogP contribution in [0.5, 0.6) is 11.5 Å². The second kappa shape index (κ2) is 13.6. The van der Waals surface area contributed by atoms with Crippen LogP contribution in [0.1, 0.15) is 38.8 Å². The number of amides is 1. The number of aromatic nitrogens is 1. The summed E-state index contributed by atoms with van der Waals surface area (Å²) in [6.45, 7) is 4.76. The van der Waals surface area contributed by atoms with Crippen molar-refractivity contribution in [1.82, 2.24) is 9.99 Å². The van der Waals surface area contributed by atoms with Gasteiger partial charge in [-0.25, -0.2) is 5.43 Å². The summed E-state index contributed by atoms with van der Waals surface area (Å²) >= 11 is 10.5. The van der Waals surface area contributed by atoms with Crippen molar-refractivity contribution in [2.24, 2.45) is 5.10 Å². The van der Waals surface area contributed by atoms with Crippen molar-refractivity contribution in [2.45, 2.75) is 27.1 Å². The number of furan rings is 1. The van der Waals surface area contributed by atoms with E-state index in [-0.39, 0.29) is 12.4 Å². The minimum absolute atomic E-state index is 0.138. The summed E-state index contributed by atoms with van der Waals surface area (Å²) in [6, 6.07) is 27.0. The number of aryl methyl sites for hydroxylation is 2. The zero-order chi connectivity index (χ0) is 29.6. The molecule has 5 rings (SSSR count). The summed E-state index contributed by atoms with van der Waals surface area (Å²) in [5.74, 6) is 1.57. The number of nitrogens with one attached hydrogen (secondary N) is 1. The summed E-state index contributed by atoms with van der Waals surface area (Å²) in [5, 5.41) is 4.07. The van der Waals surface area contributed by atoms with Crippen molar-refractivity contribution in [3.8, 4) is 17.2 Å². The average molecular weight is 756 g/mol. The van der Waals surface area contributed by atoms with Crippen LogP contribution in [0.25, 0.3) is 5.69 Å². The van der Waals surface area contributed by atoms with E-state index >= 15 is 0 Å². The third kappa shape index (κ3) is 7.42. The summed E-state index contributed by atoms with van der Waals surface area (Å²) in [5.41, 5.74) is 7.71. The molecule has 0 aliphatic rings. The van der Waals surface area contributed by atoms with E-state index < -0.39 is 5.91 Å². The highest BCUT2D eigenvalue weighted by atomic mass is 79.9. The summed E-state index contributed by atoms with van der Waals surface area (Å²) < 4.78 is 22.2. The van der Waals surface area contributed by atoms with Gasteiger partial charge in [0.1, 0.15) is 30.5 Å². The minimum atomic E-state index is -0.466. The van der Waals surface area contributed by atoms with Crippen LogP contribution in [0.15, 0.2) is 108 Å². The molecule has 1 N–H and O–H groups in total. The standard InChI is InChI=1S/C32H26Br3N3O4/c1-20-3-4-21(2)38(20)25-9-11-26(12-10-25)40-19-27-13-14-30(42-27)32(39)37-36-17-23-15-28(34)31(29(35)16-23)41-18-22-5-7-24(33)8-6-22/h3-17H,18-19H2,1-2H3,(H,37,39)/b36-17+. The van der Waals surface area contributed by atoms with Gasteiger partial charge in [-0.1, -0.05) is 28.1 Å². The quantitative estimate of drug-likeness (QED) is 0.114. The second-order valence-corrected chi connectivity index (χ2v) is 12.1. The van der Waals surface area contributed by atoms with E-state index in [2.05, 4.69) is 88.9 Å². The first-order valence-corrected chi connectivity index (χ1v) is 15.3. The van der Waals surface area contributed by atoms with Gasteiger partial charge in [0.05, 0.1) is 15.2 Å². The lowest BCUT2D eigenvalue weighted by Gasteiger charge is -2.11. The maximum absolute atomic E-state index is 12.6. The van der Waals surface area contributed by atoms with Gasteiger partial charge in [-0.3, -0.25) is 4.79 Å². The van der Waals surface area contributed by atoms with Crippen LogP contribution in [0, 0.1) is 13.8 Å². The van der Waals surface area contributed by atoms with E-state index in [1.54, 1.807) is 18.3 Å². The Morgan fingerprint density at radius 2 is 1.52 bits per heavy atom. The lowest BCUT2D eigenvalue weighted by molar-refractivity contribution is 0.0923. The number of carbonyl (C=O) groups is 1. The molecule has 0 bridgehead atoms. The van der Waals surface area contributed by atoms with Gasteiger partial charge < -0.3 is 18.5 Å². The van der Waals surface area contributed by atoms with Crippen molar-refractivity contribution < 1.29 is 18.7 Å². The van der Waals surface area contributed by atoms with E-state index in [0.717, 1.165) is 30.2 Å². The molecule has 0 saturated carbocycles. The highest BCUT2D eigenvalue weighted by molar-refractivity contribution is 9.11. The molecular formula is C32H26Br3N3O4. The molecule has 0 saturated heterocycles. The lowest BCUT2D eigenvalue weighted by Crippen LogP contribution is -2.16. The number of hydrogen-bond donors (Lipinski definition) is 1. The Hall–Kier alpha value is -3.60. The Balaban J connectivity index is 1.12. The molecule has 1 amide bonds. The monoisotopic (exact) mass is 753 g/mol. The van der Waals surface area contributed by atoms with Gasteiger partial charge in [-0.15, -0.1) is 0 Å². The molecule has 0 atom stereocenters. The van der Waals surface area contributed by atoms with E-state index in [1.165, 1.54) is 11.4 Å². The molecule has 10 heteroatoms. The highest BCUT2D eigenvalue weighted by Gasteiger charge is 2.12. The average Bonchev–Trinajstić information content (AvgIpc) is 3.59. The highest BCUT2D eigenvalue weighted by Crippen LogP contribution is 2.35. The van der Waals surface area contributed by atoms with E-state index in [4.69, 9.17) is 13.9 Å². The fourth-order valence-corrected chi connectivity index (χ4v) is 5.96. The number of hydrogen-bond acceptors (Lipinski definition) is 5. The Morgan fingerprint density at radius 1 is 0.857 bits per heavy atom. The smallest absolute Gasteiger partial charge is 0.307 e. The largest absolute Gasteiger partial charge is 0.487 e. The van der Waals surface area contributed by atoms with Crippen LogP contribution in [0.2, 0.25) is 0 Å². The molecule has 0 radical (unpaired) electrons. The zero-order valence-corrected chi connectivity index (χ0v) is 27.5. The Labute approximate surface area is 268 Å². The molecule has 2 heterocycles. The number of carbonyl (C=O) groups excluding carboxylic acids is 1. The van der Waals surface area contributed by atoms with Gasteiger partial charge >= 0.3 is 5.91 Å². The fourth-order valence-electron chi connectivity index (χ4n) is 4.25. The lowest BCUT2D eigenvalue weighted by atomic mass is 10.2. The van der Waals surface area contributed by atoms with Crippen molar-refractivity contribution >= 4 is 59.9 Å². The first-order chi connectivity index (χ1) is 20.3. The van der Waals surface area contributed by atoms with Crippen molar-refractivity contribution in [2.75, 3.05) is 0 Å². The molecule has 2 aromatic heterocycles. The molecule has 0 unspecified atom stereocenters. The second-order valence-electron chi connectivity index (χ2n) is 9.43. The molecule has 214 valence electrons. The molecule has 3 aromatic carbocycles. The molecule has 0 aliphatic carbocycles. The number of benzene rings is 3. The van der Waals surface area contributed by atoms with Gasteiger partial charge in [-0.05, 0) is 130 Å². The fraction of sp³-hybridized carbons (Fsp3) is 0.125. The molecule has 5 aromatic rings. The van der Waals surface area contributed by atoms with Gasteiger partial charge in [0.15, 0.2) is 5.76 Å². The van der Waals surface area contributed by atoms with Crippen LogP contribution in [-0.4, -0.2) is 16.7 Å². The third-order valence-corrected chi connectivity index (χ3v) is 8.04. The van der Waals surface area contributed by atoms with Gasteiger partial charge in [0.25, 0.3) is 0 Å². The Kier molecular flexibility index (Phi) is 9.66. The summed E-state index contributed by atoms with van der Waals surface area (Å²) in [7, 11) is 0. The molecule has 0 aliphatic heterocycles. The van der Waals surface area contributed by atoms with Crippen LogP contribution in [0.4, 0.5) is 0 Å². The molecule has 42 heavy (non-hydrogen) atoms. The van der Waals surface area contributed by atoms with Gasteiger partial charge in [-0.2, -0.15) is 5.10 Å². The molecule has 7 nitrogen and oxygen atoms in total. The normalized spacial score (nSPS) is 11.2. The van der Waals surface area contributed by atoms with E-state index in [1.807, 2.05) is 60.7 Å². The van der Waals surface area contributed by atoms with Crippen LogP contribution in [-0.2, 0) is 13.2 Å². The van der Waals surface area contributed by atoms with Crippen LogP contribution in [0.3, 0.4) is 0 Å². The molecule has 0 spiro atoms. The Morgan fingerprint density at radius 3 is 2.19 bits per heavy atom. The SMILES string of the molecule is Cc1ccc(C)n1-c1ccc(OCc2ccc(C(=O)N/N=C/c3cc(Br)c(OCc4ccc(Br)cc4)c(Br)c3)o2)cc1. The number of rotatable bonds is 10. The zero-order valence-electron chi connectivity index (χ0n) is 22.7. The summed E-state index contributed by atoms with van der Waals surface area (Å²) in [4.78, 5) is 12.6. The van der Waals surface area contributed by atoms with Crippen LogP contribution < -0.4 is 14.9 Å². The van der Waals surface area contributed by atoms with Crippen molar-refractivity contribution in [3.63, 3.8) is 0 Å².